The van der Waals surface area contributed by atoms with Crippen LogP contribution in [0, 0.1) is 0 Å². The van der Waals surface area contributed by atoms with Crippen LogP contribution in [-0.2, 0) is 20.6 Å². The van der Waals surface area contributed by atoms with E-state index in [1.54, 1.807) is 36.6 Å². The molecule has 0 fully saturated rings. The Balaban J connectivity index is 2.03. The second kappa shape index (κ2) is 7.00. The number of halogens is 2. The molecule has 29 heavy (non-hydrogen) atoms. The highest BCUT2D eigenvalue weighted by molar-refractivity contribution is 7.90. The van der Waals surface area contributed by atoms with E-state index < -0.39 is 27.1 Å². The third-order valence-electron chi connectivity index (χ3n) is 4.71. The quantitative estimate of drug-likeness (QED) is 0.481. The molecule has 4 aromatic rings. The SMILES string of the molecule is CS(=O)c1ccc2c(ccc3c(C(F)F)nn(-c4ccc(S(C)(=O)=O)cc4)c32)c1. The number of nitrogens with zero attached hydrogens (tertiary/aromatic N) is 2. The Kier molecular flexibility index (Phi) is 4.74. The van der Waals surface area contributed by atoms with Crippen LogP contribution in [0.15, 0.2) is 64.4 Å². The van der Waals surface area contributed by atoms with E-state index in [0.29, 0.717) is 26.9 Å². The number of alkyl halides is 2. The van der Waals surface area contributed by atoms with E-state index in [4.69, 9.17) is 0 Å². The lowest BCUT2D eigenvalue weighted by Crippen LogP contribution is -2.01. The first kappa shape index (κ1) is 19.7. The van der Waals surface area contributed by atoms with E-state index in [-0.39, 0.29) is 10.6 Å². The Labute approximate surface area is 168 Å². The minimum Gasteiger partial charge on any atom is -0.255 e. The molecule has 0 radical (unpaired) electrons. The highest BCUT2D eigenvalue weighted by Crippen LogP contribution is 2.34. The van der Waals surface area contributed by atoms with Crippen LogP contribution >= 0.6 is 0 Å². The molecule has 1 unspecified atom stereocenters. The second-order valence-corrected chi connectivity index (χ2v) is 10.1. The van der Waals surface area contributed by atoms with Crippen molar-refractivity contribution in [3.05, 3.63) is 60.3 Å². The van der Waals surface area contributed by atoms with Gasteiger partial charge in [0, 0.05) is 39.0 Å². The Morgan fingerprint density at radius 1 is 1.00 bits per heavy atom. The molecule has 0 spiro atoms. The predicted octanol–water partition coefficient (Wildman–Crippen LogP) is 4.26. The zero-order valence-electron chi connectivity index (χ0n) is 15.5. The number of rotatable bonds is 4. The lowest BCUT2D eigenvalue weighted by Gasteiger charge is -2.08. The average molecular weight is 434 g/mol. The maximum atomic E-state index is 13.6. The van der Waals surface area contributed by atoms with Gasteiger partial charge in [-0.05, 0) is 41.8 Å². The van der Waals surface area contributed by atoms with Crippen molar-refractivity contribution in [1.29, 1.82) is 0 Å². The molecular weight excluding hydrogens is 418 g/mol. The molecule has 0 aliphatic rings. The summed E-state index contributed by atoms with van der Waals surface area (Å²) in [5.74, 6) is 0. The van der Waals surface area contributed by atoms with Crippen LogP contribution in [0.2, 0.25) is 0 Å². The summed E-state index contributed by atoms with van der Waals surface area (Å²) in [5, 5.41) is 5.86. The zero-order chi connectivity index (χ0) is 20.9. The first-order valence-corrected chi connectivity index (χ1v) is 12.0. The summed E-state index contributed by atoms with van der Waals surface area (Å²) in [4.78, 5) is 0.765. The van der Waals surface area contributed by atoms with Crippen molar-refractivity contribution in [2.75, 3.05) is 12.5 Å². The highest BCUT2D eigenvalue weighted by Gasteiger charge is 2.21. The van der Waals surface area contributed by atoms with Gasteiger partial charge in [0.2, 0.25) is 0 Å². The average Bonchev–Trinajstić information content (AvgIpc) is 3.07. The van der Waals surface area contributed by atoms with Gasteiger partial charge in [0.25, 0.3) is 6.43 Å². The molecule has 3 aromatic carbocycles. The van der Waals surface area contributed by atoms with Gasteiger partial charge in [-0.3, -0.25) is 4.21 Å². The summed E-state index contributed by atoms with van der Waals surface area (Å²) in [6.45, 7) is 0. The van der Waals surface area contributed by atoms with Gasteiger partial charge in [0.05, 0.1) is 16.1 Å². The van der Waals surface area contributed by atoms with Crippen molar-refractivity contribution in [2.45, 2.75) is 16.2 Å². The molecule has 4 rings (SSSR count). The lowest BCUT2D eigenvalue weighted by molar-refractivity contribution is 0.147. The van der Waals surface area contributed by atoms with Gasteiger partial charge in [-0.15, -0.1) is 0 Å². The van der Waals surface area contributed by atoms with Gasteiger partial charge < -0.3 is 0 Å². The molecule has 9 heteroatoms. The fourth-order valence-electron chi connectivity index (χ4n) is 3.30. The van der Waals surface area contributed by atoms with Crippen LogP contribution in [0.4, 0.5) is 8.78 Å². The third-order valence-corrected chi connectivity index (χ3v) is 6.75. The van der Waals surface area contributed by atoms with E-state index in [0.717, 1.165) is 11.6 Å². The van der Waals surface area contributed by atoms with Gasteiger partial charge in [0.15, 0.2) is 9.84 Å². The summed E-state index contributed by atoms with van der Waals surface area (Å²) in [6.07, 6.45) is -0.0977. The van der Waals surface area contributed by atoms with Crippen molar-refractivity contribution in [3.8, 4) is 5.69 Å². The van der Waals surface area contributed by atoms with Crippen LogP contribution in [-0.4, -0.2) is 34.9 Å². The van der Waals surface area contributed by atoms with Crippen molar-refractivity contribution < 1.29 is 21.4 Å². The Bertz CT molecular complexity index is 1380. The van der Waals surface area contributed by atoms with Gasteiger partial charge in [0.1, 0.15) is 5.69 Å². The summed E-state index contributed by atoms with van der Waals surface area (Å²) in [6, 6.07) is 14.4. The Hall–Kier alpha value is -2.65. The van der Waals surface area contributed by atoms with Crippen LogP contribution in [0.5, 0.6) is 0 Å². The highest BCUT2D eigenvalue weighted by atomic mass is 32.2. The normalized spacial score (nSPS) is 13.4. The fraction of sp³-hybridized carbons (Fsp3) is 0.150. The van der Waals surface area contributed by atoms with Crippen molar-refractivity contribution in [3.63, 3.8) is 0 Å². The molecule has 0 amide bonds. The van der Waals surface area contributed by atoms with Crippen molar-refractivity contribution in [2.24, 2.45) is 0 Å². The van der Waals surface area contributed by atoms with E-state index in [9.17, 15) is 21.4 Å². The monoisotopic (exact) mass is 434 g/mol. The van der Waals surface area contributed by atoms with E-state index in [1.165, 1.54) is 28.9 Å². The standard InChI is InChI=1S/C20H16F2N2O3S2/c1-28(25)14-6-10-16-12(11-14)3-9-17-18(20(21)22)23-24(19(16)17)13-4-7-15(8-5-13)29(2,26)27/h3-11,20H,1-2H3. The maximum absolute atomic E-state index is 13.6. The summed E-state index contributed by atoms with van der Waals surface area (Å²) < 4.78 is 63.8. The van der Waals surface area contributed by atoms with Gasteiger partial charge in [-0.2, -0.15) is 5.10 Å². The van der Waals surface area contributed by atoms with Crippen molar-refractivity contribution in [1.82, 2.24) is 9.78 Å². The number of hydrogen-bond acceptors (Lipinski definition) is 4. The number of hydrogen-bond donors (Lipinski definition) is 0. The molecule has 1 heterocycles. The predicted molar refractivity (Wildman–Crippen MR) is 109 cm³/mol. The first-order chi connectivity index (χ1) is 13.7. The molecule has 0 aliphatic carbocycles. The maximum Gasteiger partial charge on any atom is 0.282 e. The number of benzene rings is 3. The molecule has 1 atom stereocenters. The Morgan fingerprint density at radius 3 is 2.24 bits per heavy atom. The van der Waals surface area contributed by atoms with Crippen LogP contribution in [0.1, 0.15) is 12.1 Å². The molecule has 150 valence electrons. The summed E-state index contributed by atoms with van der Waals surface area (Å²) in [7, 11) is -4.55. The molecular formula is C20H16F2N2O3S2. The molecule has 0 bridgehead atoms. The lowest BCUT2D eigenvalue weighted by atomic mass is 10.1. The topological polar surface area (TPSA) is 69.0 Å². The molecule has 5 nitrogen and oxygen atoms in total. The fourth-order valence-corrected chi connectivity index (χ4v) is 4.48. The number of fused-ring (bicyclic) bond motifs is 3. The van der Waals surface area contributed by atoms with Gasteiger partial charge >= 0.3 is 0 Å². The van der Waals surface area contributed by atoms with Crippen molar-refractivity contribution >= 4 is 42.3 Å². The minimum absolute atomic E-state index is 0.131. The summed E-state index contributed by atoms with van der Waals surface area (Å²) >= 11 is 0. The minimum atomic E-state index is -3.38. The van der Waals surface area contributed by atoms with Crippen LogP contribution < -0.4 is 0 Å². The molecule has 0 saturated heterocycles. The van der Waals surface area contributed by atoms with E-state index >= 15 is 0 Å². The molecule has 0 aliphatic heterocycles. The van der Waals surface area contributed by atoms with Gasteiger partial charge in [-0.1, -0.05) is 18.2 Å². The molecule has 1 aromatic heterocycles. The second-order valence-electron chi connectivity index (χ2n) is 6.66. The third kappa shape index (κ3) is 3.44. The number of aromatic nitrogens is 2. The molecule has 0 saturated carbocycles. The first-order valence-electron chi connectivity index (χ1n) is 8.54. The largest absolute Gasteiger partial charge is 0.282 e. The van der Waals surface area contributed by atoms with Crippen LogP contribution in [0.3, 0.4) is 0 Å². The Morgan fingerprint density at radius 2 is 1.66 bits per heavy atom. The van der Waals surface area contributed by atoms with Crippen LogP contribution in [0.25, 0.3) is 27.4 Å². The van der Waals surface area contributed by atoms with E-state index in [2.05, 4.69) is 5.10 Å². The number of sulfone groups is 1. The molecule has 0 N–H and O–H groups in total. The summed E-state index contributed by atoms with van der Waals surface area (Å²) in [5.41, 5.74) is 0.598. The van der Waals surface area contributed by atoms with Gasteiger partial charge in [-0.25, -0.2) is 21.9 Å². The van der Waals surface area contributed by atoms with E-state index in [1.807, 2.05) is 0 Å². The zero-order valence-corrected chi connectivity index (χ0v) is 17.1. The smallest absolute Gasteiger partial charge is 0.255 e.